The summed E-state index contributed by atoms with van der Waals surface area (Å²) in [5, 5.41) is 43.0. The van der Waals surface area contributed by atoms with E-state index in [0.717, 1.165) is 0 Å². The summed E-state index contributed by atoms with van der Waals surface area (Å²) in [5.41, 5.74) is 0. The van der Waals surface area contributed by atoms with Crippen molar-refractivity contribution in [3.05, 3.63) is 0 Å². The van der Waals surface area contributed by atoms with Gasteiger partial charge in [0.25, 0.3) is 0 Å². The van der Waals surface area contributed by atoms with Crippen LogP contribution in [0.25, 0.3) is 0 Å². The fourth-order valence-corrected chi connectivity index (χ4v) is 0. The maximum absolute atomic E-state index is 7.17. The van der Waals surface area contributed by atoms with Crippen LogP contribution in [0.2, 0.25) is 0 Å². The first kappa shape index (κ1) is 662. The average Bonchev–Trinajstić information content (AvgIpc) is 1.25. The van der Waals surface area contributed by atoms with E-state index in [1.807, 2.05) is 0 Å². The van der Waals surface area contributed by atoms with Crippen molar-refractivity contribution in [2.75, 3.05) is 0 Å². The van der Waals surface area contributed by atoms with E-state index in [1.54, 1.807) is 0 Å². The third-order valence-corrected chi connectivity index (χ3v) is 0. The van der Waals surface area contributed by atoms with E-state index >= 15 is 0 Å². The van der Waals surface area contributed by atoms with Gasteiger partial charge < -0.3 is 120 Å². The van der Waals surface area contributed by atoms with Gasteiger partial charge in [0.15, 0.2) is 0 Å². The SMILES string of the molecule is OB(O)O.OB(O)O.[H-].[H-].[H-].[H-].[H-].[H-].[H-].[H-].[H-].[H-].[H-].[H-].[H-].[H-].[H-].[H-].[H-].[H-].[H-].[H-].[H-].[H-].[H-].[H-].[H-].[H-].[H-].[H-].[H-].[H-].[H-].[H-].[H-].[H-].[H-].[H-].[H-].[H-].[H-].[H-].[H-].[H-].[H-].[H-].[H-].[H-].[H-].[H-].[H-].[H-].[H-].[H-].[H-].[H-].[H-].[H-].[H-].[H-].[H-].[H-].[H-].[H-].[H-].[Li+].[Li+].[Li+].[Li+].[Li+].[Li+].[Li+].[Li+].[Li+].[Li+].[Li+].[Li+].[Li+].[Li+].[Li+].[Li+].[Li+].[Li+].[Li+].[Li+].[Li+].[Li+].[Li+].[Li+].[Li+].[Li+].[Li+].[Li+].[Li+].[Li+].[Li+].[Li+].[Li+].[Li+].[Li+].[Li+].[Li+].[Li+].[Li+].[Li+].[Li+].[Li+].[Li+].[Li+].[Li+].[Li+].[Li+].[Li+].[Li+].[Li+].[Li+].[Li+].[Li+].[Li+].[Li+].[Li+].[Li+].[Li+].[Li+].[Li+].[Li+].[Li+].[Li+]. The summed E-state index contributed by atoms with van der Waals surface area (Å²) < 4.78 is 0. The molecule has 0 aromatic heterocycles. The van der Waals surface area contributed by atoms with Gasteiger partial charge in [0.2, 0.25) is 0 Å². The van der Waals surface area contributed by atoms with E-state index in [0.29, 0.717) is 0 Å². The molecule has 0 fully saturated rings. The van der Waals surface area contributed by atoms with Crippen LogP contribution in [0.5, 0.6) is 0 Å². The molecule has 0 atom stereocenters. The second-order valence-corrected chi connectivity index (χ2v) is 0.693. The normalized spacial score (nSPS) is 0.761. The van der Waals surface area contributed by atoms with Crippen LogP contribution in [0.15, 0.2) is 0 Å². The second kappa shape index (κ2) is 644. The van der Waals surface area contributed by atoms with E-state index in [1.165, 1.54) is 0 Å². The van der Waals surface area contributed by atoms with E-state index in [4.69, 9.17) is 30.1 Å². The monoisotopic (exact) mass is 630 g/mol. The Morgan fingerprint density at radius 3 is 0.0845 bits per heavy atom. The van der Waals surface area contributed by atoms with E-state index in [-0.39, 0.29) is 1280 Å². The smallest absolute Gasteiger partial charge is 1.00 e. The van der Waals surface area contributed by atoms with Crippen LogP contribution in [0.4, 0.5) is 0 Å². The molecular weight excluding hydrogens is 555 g/mol. The molecule has 6 nitrogen and oxygen atoms in total. The molecule has 0 unspecified atom stereocenters. The summed E-state index contributed by atoms with van der Waals surface area (Å²) in [5.74, 6) is 0. The Morgan fingerprint density at radius 1 is 0.0845 bits per heavy atom. The summed E-state index contributed by atoms with van der Waals surface area (Å²) in [6.07, 6.45) is 0. The summed E-state index contributed by atoms with van der Waals surface area (Å²) in [6, 6.07) is 0. The van der Waals surface area contributed by atoms with Crippen molar-refractivity contribution in [3.63, 3.8) is 0 Å². The minimum Gasteiger partial charge on any atom is -1.00 e. The Hall–Kier alpha value is 37.5. The zero-order valence-corrected chi connectivity index (χ0v) is 66.8. The van der Waals surface area contributed by atoms with Crippen molar-refractivity contribution in [2.24, 2.45) is 0 Å². The van der Waals surface area contributed by atoms with Gasteiger partial charge in [-0.25, -0.2) is 0 Å². The van der Waals surface area contributed by atoms with Crippen LogP contribution in [-0.2, 0) is 0 Å². The van der Waals surface area contributed by atoms with Crippen LogP contribution < -0.4 is 1190 Å². The summed E-state index contributed by atoms with van der Waals surface area (Å²) in [4.78, 5) is 0. The van der Waals surface area contributed by atoms with Gasteiger partial charge in [0, 0.05) is 0 Å². The van der Waals surface area contributed by atoms with Gasteiger partial charge in [-0.05, 0) is 0 Å². The first-order chi connectivity index (χ1) is 3.46. The Morgan fingerprint density at radius 2 is 0.0845 bits per heavy atom. The molecule has 0 heterocycles. The summed E-state index contributed by atoms with van der Waals surface area (Å²) in [7, 11) is -4.33. The van der Waals surface area contributed by atoms with Crippen molar-refractivity contribution < 1.29 is 1310 Å². The molecule has 71 heavy (non-hydrogen) atoms. The Bertz CT molecular complexity index is 192. The average molecular weight is 624 g/mol. The molecule has 0 rings (SSSR count). The van der Waals surface area contributed by atoms with Crippen molar-refractivity contribution in [1.29, 1.82) is 0 Å². The van der Waals surface area contributed by atoms with Gasteiger partial charge in [-0.3, -0.25) is 0 Å². The summed E-state index contributed by atoms with van der Waals surface area (Å²) in [6.45, 7) is 0. The second-order valence-electron chi connectivity index (χ2n) is 0.693. The molecule has 0 aliphatic carbocycles. The predicted octanol–water partition coefficient (Wildman–Crippen LogP) is -186. The number of hydrogen-bond acceptors (Lipinski definition) is 6. The standard InChI is InChI=1S/2BH3O3.63Li.63H/c2*2-1(3)4;;;;;;;;;;;;;;;;;;;;;;;;;;;;;;;;;;;;;;;;;;;;;;;;;;;;;;;;;;;;;;;;;;;;;;;;;;;;;;;;;;;;;;;;;;;;;;;;;;;;;;;;;;;;;;;;;;;;;;;;;;;;;;/h2*2-4H;;;;;;;;;;;;;;;;;;;;;;;;;;;;;;;;;;;;;;;;;;;;;;;;;;;;;;;;;;;;;;;;;;;;;;;;;;;;;;;;;;;;;;;;;;;;;;;;;;;;;;;;;;;;;;;;;;;;;;;;;;;;;;/q;;63*+1;63*-1. The minimum absolute atomic E-state index is 0. The zero-order chi connectivity index (χ0) is 7.15. The van der Waals surface area contributed by atoms with E-state index in [2.05, 4.69) is 0 Å². The topological polar surface area (TPSA) is 121 Å². The fraction of sp³-hybridized carbons (Fsp3) is 0. The van der Waals surface area contributed by atoms with Gasteiger partial charge in [0.1, 0.15) is 0 Å². The Balaban J connectivity index is -0.0000000000220. The van der Waals surface area contributed by atoms with Crippen LogP contribution in [0, 0.1) is 0 Å². The molecule has 71 heteroatoms. The van der Waals surface area contributed by atoms with Crippen LogP contribution in [0.1, 0.15) is 89.9 Å². The zero-order valence-electron chi connectivity index (χ0n) is 130. The molecule has 0 bridgehead atoms. The molecule has 0 saturated carbocycles. The largest absolute Gasteiger partial charge is 1.00 e. The maximum Gasteiger partial charge on any atom is 1.00 e. The van der Waals surface area contributed by atoms with Crippen LogP contribution >= 0.6 is 0 Å². The van der Waals surface area contributed by atoms with E-state index < -0.39 is 14.6 Å². The van der Waals surface area contributed by atoms with E-state index in [9.17, 15) is 0 Å². The molecule has 0 aliphatic heterocycles. The Kier molecular flexibility index (Phi) is 6010. The molecule has 0 saturated heterocycles. The summed E-state index contributed by atoms with van der Waals surface area (Å²) >= 11 is 0. The molecule has 6 N–H and O–H groups in total. The maximum atomic E-state index is 7.17. The number of hydrogen-bond donors (Lipinski definition) is 6. The van der Waals surface area contributed by atoms with Crippen LogP contribution in [0.3, 0.4) is 0 Å². The van der Waals surface area contributed by atoms with Gasteiger partial charge in [-0.1, -0.05) is 0 Å². The molecular formula is H69B2Li63O6. The predicted molar refractivity (Wildman–Crippen MR) is 94.9 cm³/mol. The molecule has 0 radical (unpaired) electrons. The van der Waals surface area contributed by atoms with Gasteiger partial charge in [-0.15, -0.1) is 0 Å². The quantitative estimate of drug-likeness (QED) is 0.149. The minimum atomic E-state index is -2.17. The molecule has 0 spiro atoms. The molecule has 174 valence electrons. The van der Waals surface area contributed by atoms with Gasteiger partial charge in [-0.2, -0.15) is 0 Å². The van der Waals surface area contributed by atoms with Crippen molar-refractivity contribution in [2.45, 2.75) is 0 Å². The molecule has 0 aromatic carbocycles. The Labute approximate surface area is 1290 Å². The third kappa shape index (κ3) is 850. The van der Waals surface area contributed by atoms with Crippen LogP contribution in [-0.4, -0.2) is 44.8 Å². The molecule has 0 aromatic rings. The van der Waals surface area contributed by atoms with Gasteiger partial charge in [0.05, 0.1) is 0 Å². The first-order valence-electron chi connectivity index (χ1n) is 1.55. The molecule has 0 amide bonds. The van der Waals surface area contributed by atoms with Crippen molar-refractivity contribution >= 4 is 14.6 Å². The van der Waals surface area contributed by atoms with Gasteiger partial charge >= 0.3 is 1200 Å². The fourth-order valence-electron chi connectivity index (χ4n) is 0. The number of rotatable bonds is 0. The third-order valence-electron chi connectivity index (χ3n) is 0. The van der Waals surface area contributed by atoms with Crippen molar-refractivity contribution in [1.82, 2.24) is 0 Å². The molecule has 0 aliphatic rings. The van der Waals surface area contributed by atoms with Crippen molar-refractivity contribution in [3.8, 4) is 0 Å². The first-order valence-corrected chi connectivity index (χ1v) is 1.55.